The van der Waals surface area contributed by atoms with E-state index in [2.05, 4.69) is 12.2 Å². The summed E-state index contributed by atoms with van der Waals surface area (Å²) in [5, 5.41) is 0.800. The standard InChI is InChI=1S/C18H15Cl2NO2/c1-8(2)14-10-4-5-11(14)16-15(10)17(22)21(18(16)23)13-6-3-9(19)7-12(13)20/h3-7,10-11,15-16H,1-2H3/t10-,11-,15+,16+/m0/s1. The highest BCUT2D eigenvalue weighted by Crippen LogP contribution is 2.57. The third-order valence-corrected chi connectivity index (χ3v) is 5.68. The van der Waals surface area contributed by atoms with Gasteiger partial charge in [-0.05, 0) is 32.0 Å². The number of imide groups is 1. The molecule has 4 atom stereocenters. The summed E-state index contributed by atoms with van der Waals surface area (Å²) in [6.07, 6.45) is 4.15. The molecule has 3 aliphatic rings. The van der Waals surface area contributed by atoms with E-state index in [0.29, 0.717) is 15.7 Å². The SMILES string of the molecule is CC(C)=C1[C@@H]2C=C[C@@H]1[C@H]1C(=O)N(c3ccc(Cl)cc3Cl)C(=O)[C@@H]12. The fraction of sp³-hybridized carbons (Fsp3) is 0.333. The first-order valence-electron chi connectivity index (χ1n) is 7.60. The number of carbonyl (C=O) groups excluding carboxylic acids is 2. The molecule has 4 rings (SSSR count). The summed E-state index contributed by atoms with van der Waals surface area (Å²) < 4.78 is 0. The van der Waals surface area contributed by atoms with Crippen molar-refractivity contribution in [3.63, 3.8) is 0 Å². The Balaban J connectivity index is 1.79. The van der Waals surface area contributed by atoms with Gasteiger partial charge in [0.2, 0.25) is 11.8 Å². The fourth-order valence-electron chi connectivity index (χ4n) is 4.33. The monoisotopic (exact) mass is 347 g/mol. The molecule has 0 spiro atoms. The highest BCUT2D eigenvalue weighted by atomic mass is 35.5. The van der Waals surface area contributed by atoms with E-state index >= 15 is 0 Å². The van der Waals surface area contributed by atoms with Crippen molar-refractivity contribution in [3.05, 3.63) is 51.5 Å². The van der Waals surface area contributed by atoms with E-state index in [9.17, 15) is 9.59 Å². The zero-order chi connectivity index (χ0) is 16.5. The minimum absolute atomic E-state index is 0.0440. The highest BCUT2D eigenvalue weighted by Gasteiger charge is 2.62. The lowest BCUT2D eigenvalue weighted by atomic mass is 9.85. The summed E-state index contributed by atoms with van der Waals surface area (Å²) in [7, 11) is 0. The minimum atomic E-state index is -0.297. The van der Waals surface area contributed by atoms with Crippen molar-refractivity contribution >= 4 is 40.7 Å². The first-order chi connectivity index (χ1) is 10.9. The van der Waals surface area contributed by atoms with E-state index in [1.807, 2.05) is 13.8 Å². The molecule has 3 nitrogen and oxygen atoms in total. The number of benzene rings is 1. The van der Waals surface area contributed by atoms with Crippen LogP contribution in [0.25, 0.3) is 0 Å². The Kier molecular flexibility index (Phi) is 3.23. The van der Waals surface area contributed by atoms with Crippen molar-refractivity contribution in [1.29, 1.82) is 0 Å². The molecule has 118 valence electrons. The molecule has 0 unspecified atom stereocenters. The summed E-state index contributed by atoms with van der Waals surface area (Å²) in [5.74, 6) is -0.812. The van der Waals surface area contributed by atoms with Crippen LogP contribution in [0.5, 0.6) is 0 Å². The molecule has 0 N–H and O–H groups in total. The number of fused-ring (bicyclic) bond motifs is 5. The predicted molar refractivity (Wildman–Crippen MR) is 90.4 cm³/mol. The number of amides is 2. The van der Waals surface area contributed by atoms with Gasteiger partial charge in [-0.3, -0.25) is 9.59 Å². The second kappa shape index (κ2) is 4.96. The van der Waals surface area contributed by atoms with Crippen LogP contribution in [0.3, 0.4) is 0 Å². The lowest BCUT2D eigenvalue weighted by molar-refractivity contribution is -0.122. The van der Waals surface area contributed by atoms with Crippen molar-refractivity contribution in [2.75, 3.05) is 4.90 Å². The van der Waals surface area contributed by atoms with Crippen LogP contribution in [-0.2, 0) is 9.59 Å². The molecule has 2 amide bonds. The Morgan fingerprint density at radius 2 is 1.57 bits per heavy atom. The van der Waals surface area contributed by atoms with Crippen LogP contribution in [0.15, 0.2) is 41.5 Å². The number of carbonyl (C=O) groups is 2. The first kappa shape index (κ1) is 15.0. The van der Waals surface area contributed by atoms with Gasteiger partial charge in [-0.25, -0.2) is 4.90 Å². The Bertz CT molecular complexity index is 773. The molecule has 5 heteroatoms. The van der Waals surface area contributed by atoms with Gasteiger partial charge in [-0.1, -0.05) is 46.5 Å². The van der Waals surface area contributed by atoms with Crippen molar-refractivity contribution in [3.8, 4) is 0 Å². The van der Waals surface area contributed by atoms with Crippen molar-refractivity contribution in [1.82, 2.24) is 0 Å². The summed E-state index contributed by atoms with van der Waals surface area (Å²) in [6.45, 7) is 4.10. The first-order valence-corrected chi connectivity index (χ1v) is 8.36. The molecule has 1 aromatic rings. The molecule has 1 aromatic carbocycles. The van der Waals surface area contributed by atoms with E-state index in [4.69, 9.17) is 23.2 Å². The molecule has 23 heavy (non-hydrogen) atoms. The molecule has 0 aromatic heterocycles. The van der Waals surface area contributed by atoms with Gasteiger partial charge < -0.3 is 0 Å². The summed E-state index contributed by atoms with van der Waals surface area (Å²) in [5.41, 5.74) is 2.87. The van der Waals surface area contributed by atoms with E-state index in [1.54, 1.807) is 18.2 Å². The van der Waals surface area contributed by atoms with Crippen LogP contribution >= 0.6 is 23.2 Å². The second-order valence-electron chi connectivity index (χ2n) is 6.55. The summed E-state index contributed by atoms with van der Waals surface area (Å²) in [4.78, 5) is 27.2. The number of rotatable bonds is 1. The molecule has 1 heterocycles. The smallest absolute Gasteiger partial charge is 0.238 e. The Labute approximate surface area is 144 Å². The molecule has 2 aliphatic carbocycles. The van der Waals surface area contributed by atoms with Crippen LogP contribution in [0.4, 0.5) is 5.69 Å². The van der Waals surface area contributed by atoms with Crippen LogP contribution in [0.1, 0.15) is 13.8 Å². The molecule has 1 saturated heterocycles. The average Bonchev–Trinajstić information content (AvgIpc) is 3.11. The number of hydrogen-bond acceptors (Lipinski definition) is 2. The third-order valence-electron chi connectivity index (χ3n) is 5.14. The lowest BCUT2D eigenvalue weighted by Gasteiger charge is -2.20. The molecule has 2 fully saturated rings. The summed E-state index contributed by atoms with van der Waals surface area (Å²) in [6, 6.07) is 4.84. The normalized spacial score (nSPS) is 31.3. The van der Waals surface area contributed by atoms with Gasteiger partial charge in [0.25, 0.3) is 0 Å². The molecule has 1 aliphatic heterocycles. The Morgan fingerprint density at radius 1 is 1.00 bits per heavy atom. The lowest BCUT2D eigenvalue weighted by Crippen LogP contribution is -2.33. The van der Waals surface area contributed by atoms with E-state index in [-0.39, 0.29) is 35.5 Å². The number of hydrogen-bond donors (Lipinski definition) is 0. The molecule has 1 saturated carbocycles. The van der Waals surface area contributed by atoms with Gasteiger partial charge in [0.15, 0.2) is 0 Å². The van der Waals surface area contributed by atoms with E-state index in [1.165, 1.54) is 16.0 Å². The molecule has 0 radical (unpaired) electrons. The van der Waals surface area contributed by atoms with Crippen molar-refractivity contribution in [2.24, 2.45) is 23.7 Å². The van der Waals surface area contributed by atoms with Crippen molar-refractivity contribution < 1.29 is 9.59 Å². The van der Waals surface area contributed by atoms with Gasteiger partial charge in [0, 0.05) is 16.9 Å². The Hall–Kier alpha value is -1.58. The quantitative estimate of drug-likeness (QED) is 0.562. The topological polar surface area (TPSA) is 37.4 Å². The zero-order valence-corrected chi connectivity index (χ0v) is 14.2. The Morgan fingerprint density at radius 3 is 2.04 bits per heavy atom. The maximum Gasteiger partial charge on any atom is 0.238 e. The second-order valence-corrected chi connectivity index (χ2v) is 7.39. The number of allylic oxidation sites excluding steroid dienone is 4. The molecule has 2 bridgehead atoms. The van der Waals surface area contributed by atoms with E-state index in [0.717, 1.165) is 0 Å². The summed E-state index contributed by atoms with van der Waals surface area (Å²) >= 11 is 12.1. The van der Waals surface area contributed by atoms with Crippen LogP contribution in [0, 0.1) is 23.7 Å². The van der Waals surface area contributed by atoms with E-state index < -0.39 is 0 Å². The number of nitrogens with zero attached hydrogens (tertiary/aromatic N) is 1. The maximum atomic E-state index is 12.9. The van der Waals surface area contributed by atoms with Crippen molar-refractivity contribution in [2.45, 2.75) is 13.8 Å². The van der Waals surface area contributed by atoms with Crippen LogP contribution in [-0.4, -0.2) is 11.8 Å². The molecular formula is C18H15Cl2NO2. The third kappa shape index (κ3) is 1.90. The van der Waals surface area contributed by atoms with Gasteiger partial charge in [-0.2, -0.15) is 0 Å². The number of anilines is 1. The minimum Gasteiger partial charge on any atom is -0.274 e. The molecular weight excluding hydrogens is 333 g/mol. The highest BCUT2D eigenvalue weighted by molar-refractivity contribution is 6.38. The van der Waals surface area contributed by atoms with Gasteiger partial charge in [0.05, 0.1) is 22.5 Å². The largest absolute Gasteiger partial charge is 0.274 e. The van der Waals surface area contributed by atoms with Gasteiger partial charge in [-0.15, -0.1) is 0 Å². The number of halogens is 2. The van der Waals surface area contributed by atoms with Crippen LogP contribution < -0.4 is 4.90 Å². The fourth-order valence-corrected chi connectivity index (χ4v) is 4.82. The zero-order valence-electron chi connectivity index (χ0n) is 12.7. The van der Waals surface area contributed by atoms with Crippen LogP contribution in [0.2, 0.25) is 10.0 Å². The predicted octanol–water partition coefficient (Wildman–Crippen LogP) is 4.25. The maximum absolute atomic E-state index is 12.9. The van der Waals surface area contributed by atoms with Gasteiger partial charge >= 0.3 is 0 Å². The average molecular weight is 348 g/mol. The van der Waals surface area contributed by atoms with Gasteiger partial charge in [0.1, 0.15) is 0 Å².